The van der Waals surface area contributed by atoms with Gasteiger partial charge in [-0.3, -0.25) is 19.8 Å². The molecule has 3 amide bonds. The molecule has 0 spiro atoms. The molecule has 1 aliphatic rings. The molecule has 0 aromatic heterocycles. The maximum Gasteiger partial charge on any atom is 0.260 e. The van der Waals surface area contributed by atoms with Gasteiger partial charge in [-0.15, -0.1) is 0 Å². The molecule has 29 heavy (non-hydrogen) atoms. The molecule has 1 heterocycles. The summed E-state index contributed by atoms with van der Waals surface area (Å²) in [7, 11) is 0. The first-order valence-electron chi connectivity index (χ1n) is 9.74. The lowest BCUT2D eigenvalue weighted by Gasteiger charge is -2.34. The molecule has 1 fully saturated rings. The third-order valence-corrected chi connectivity index (χ3v) is 5.04. The molecule has 0 radical (unpaired) electrons. The molecule has 3 rings (SSSR count). The van der Waals surface area contributed by atoms with E-state index in [1.165, 1.54) is 0 Å². The molecule has 8 heteroatoms. The molecule has 0 bridgehead atoms. The van der Waals surface area contributed by atoms with Crippen molar-refractivity contribution in [2.45, 2.75) is 19.3 Å². The molecule has 154 valence electrons. The van der Waals surface area contributed by atoms with Gasteiger partial charge >= 0.3 is 0 Å². The Balaban J connectivity index is 1.44. The normalized spacial score (nSPS) is 14.0. The Kier molecular flexibility index (Phi) is 7.02. The zero-order valence-electron chi connectivity index (χ0n) is 16.3. The van der Waals surface area contributed by atoms with Gasteiger partial charge in [0.05, 0.1) is 0 Å². The number of hydrogen-bond acceptors (Lipinski definition) is 5. The van der Waals surface area contributed by atoms with Crippen LogP contribution in [0.5, 0.6) is 5.75 Å². The van der Waals surface area contributed by atoms with E-state index in [-0.39, 0.29) is 30.7 Å². The number of nitrogens with zero attached hydrogens (tertiary/aromatic N) is 2. The van der Waals surface area contributed by atoms with E-state index in [1.54, 1.807) is 9.80 Å². The van der Waals surface area contributed by atoms with Crippen LogP contribution < -0.4 is 16.0 Å². The molecule has 0 atom stereocenters. The Morgan fingerprint density at radius 1 is 0.897 bits per heavy atom. The Labute approximate surface area is 169 Å². The summed E-state index contributed by atoms with van der Waals surface area (Å²) < 4.78 is 5.77. The van der Waals surface area contributed by atoms with Crippen LogP contribution in [0.3, 0.4) is 0 Å². The molecular formula is C21H26N4O4. The number of hydrazine groups is 1. The monoisotopic (exact) mass is 398 g/mol. The van der Waals surface area contributed by atoms with Gasteiger partial charge in [0.2, 0.25) is 11.8 Å². The lowest BCUT2D eigenvalue weighted by atomic mass is 10.1. The van der Waals surface area contributed by atoms with Crippen LogP contribution in [0.2, 0.25) is 0 Å². The summed E-state index contributed by atoms with van der Waals surface area (Å²) in [6.45, 7) is 1.90. The number of fused-ring (bicyclic) bond motifs is 1. The first-order chi connectivity index (χ1) is 14.1. The summed E-state index contributed by atoms with van der Waals surface area (Å²) >= 11 is 0. The highest BCUT2D eigenvalue weighted by molar-refractivity contribution is 5.88. The van der Waals surface area contributed by atoms with Crippen LogP contribution >= 0.6 is 0 Å². The Morgan fingerprint density at radius 3 is 2.28 bits per heavy atom. The number of piperazine rings is 1. The summed E-state index contributed by atoms with van der Waals surface area (Å²) in [5.41, 5.74) is 2.05. The largest absolute Gasteiger partial charge is 0.483 e. The second-order valence-corrected chi connectivity index (χ2v) is 6.95. The van der Waals surface area contributed by atoms with Gasteiger partial charge in [-0.05, 0) is 17.9 Å². The van der Waals surface area contributed by atoms with Crippen molar-refractivity contribution in [3.8, 4) is 5.75 Å². The molecule has 3 N–H and O–H groups in total. The number of ether oxygens (including phenoxy) is 1. The van der Waals surface area contributed by atoms with Crippen LogP contribution in [0.1, 0.15) is 19.3 Å². The van der Waals surface area contributed by atoms with Crippen LogP contribution in [0, 0.1) is 0 Å². The fourth-order valence-electron chi connectivity index (χ4n) is 3.39. The summed E-state index contributed by atoms with van der Waals surface area (Å²) in [4.78, 5) is 39.3. The minimum atomic E-state index is -0.278. The fourth-order valence-corrected chi connectivity index (χ4v) is 3.39. The first kappa shape index (κ1) is 20.6. The Morgan fingerprint density at radius 2 is 1.55 bits per heavy atom. The average Bonchev–Trinajstić information content (AvgIpc) is 2.77. The highest BCUT2D eigenvalue weighted by atomic mass is 16.5. The van der Waals surface area contributed by atoms with Crippen LogP contribution in [0.15, 0.2) is 42.5 Å². The molecule has 0 unspecified atom stereocenters. The van der Waals surface area contributed by atoms with Crippen LogP contribution in [-0.4, -0.2) is 60.3 Å². The number of nitrogens with two attached hydrogens (primary N) is 1. The van der Waals surface area contributed by atoms with E-state index in [1.807, 2.05) is 42.5 Å². The Bertz CT molecular complexity index is 873. The average molecular weight is 398 g/mol. The number of carbonyl (C=O) groups excluding carboxylic acids is 3. The van der Waals surface area contributed by atoms with Crippen molar-refractivity contribution in [3.05, 3.63) is 42.5 Å². The highest BCUT2D eigenvalue weighted by Gasteiger charge is 2.24. The first-order valence-corrected chi connectivity index (χ1v) is 9.74. The third kappa shape index (κ3) is 5.45. The fraction of sp³-hybridized carbons (Fsp3) is 0.381. The van der Waals surface area contributed by atoms with Gasteiger partial charge in [0, 0.05) is 44.4 Å². The van der Waals surface area contributed by atoms with Crippen molar-refractivity contribution in [2.24, 2.45) is 5.84 Å². The van der Waals surface area contributed by atoms with Crippen LogP contribution in [0.4, 0.5) is 0 Å². The van der Waals surface area contributed by atoms with Gasteiger partial charge < -0.3 is 14.5 Å². The summed E-state index contributed by atoms with van der Waals surface area (Å²) in [6, 6.07) is 13.6. The number of rotatable bonds is 7. The lowest BCUT2D eigenvalue weighted by Crippen LogP contribution is -2.51. The Hall–Kier alpha value is -3.13. The number of nitrogens with one attached hydrogen (secondary N) is 1. The van der Waals surface area contributed by atoms with E-state index in [4.69, 9.17) is 10.6 Å². The van der Waals surface area contributed by atoms with E-state index in [0.29, 0.717) is 44.8 Å². The molecule has 2 aromatic carbocycles. The number of carbonyl (C=O) groups is 3. The van der Waals surface area contributed by atoms with Crippen LogP contribution in [-0.2, 0) is 14.4 Å². The van der Waals surface area contributed by atoms with Crippen molar-refractivity contribution >= 4 is 28.5 Å². The van der Waals surface area contributed by atoms with Gasteiger partial charge in [-0.1, -0.05) is 36.4 Å². The van der Waals surface area contributed by atoms with Crippen molar-refractivity contribution in [3.63, 3.8) is 0 Å². The number of hydrogen-bond donors (Lipinski definition) is 2. The van der Waals surface area contributed by atoms with Crippen molar-refractivity contribution in [1.29, 1.82) is 0 Å². The second kappa shape index (κ2) is 9.88. The van der Waals surface area contributed by atoms with Gasteiger partial charge in [-0.25, -0.2) is 5.84 Å². The second-order valence-electron chi connectivity index (χ2n) is 6.95. The third-order valence-electron chi connectivity index (χ3n) is 5.04. The molecule has 0 saturated carbocycles. The molecular weight excluding hydrogens is 372 g/mol. The van der Waals surface area contributed by atoms with Crippen molar-refractivity contribution in [2.75, 3.05) is 32.8 Å². The minimum absolute atomic E-state index is 0.00562. The van der Waals surface area contributed by atoms with E-state index >= 15 is 0 Å². The summed E-state index contributed by atoms with van der Waals surface area (Å²) in [5.74, 6) is 5.33. The van der Waals surface area contributed by atoms with Gasteiger partial charge in [-0.2, -0.15) is 0 Å². The molecule has 2 aromatic rings. The minimum Gasteiger partial charge on any atom is -0.483 e. The van der Waals surface area contributed by atoms with Gasteiger partial charge in [0.25, 0.3) is 5.91 Å². The SMILES string of the molecule is NNC(=O)CCCC(=O)N1CCN(C(=O)COc2cccc3ccccc23)CC1. The smallest absolute Gasteiger partial charge is 0.260 e. The summed E-state index contributed by atoms with van der Waals surface area (Å²) in [6.07, 6.45) is 0.984. The predicted molar refractivity (Wildman–Crippen MR) is 109 cm³/mol. The molecule has 1 aliphatic heterocycles. The maximum absolute atomic E-state index is 12.5. The number of amides is 3. The van der Waals surface area contributed by atoms with Gasteiger partial charge in [0.1, 0.15) is 5.75 Å². The molecule has 0 aliphatic carbocycles. The van der Waals surface area contributed by atoms with E-state index in [9.17, 15) is 14.4 Å². The van der Waals surface area contributed by atoms with Gasteiger partial charge in [0.15, 0.2) is 6.61 Å². The van der Waals surface area contributed by atoms with Crippen molar-refractivity contribution < 1.29 is 19.1 Å². The highest BCUT2D eigenvalue weighted by Crippen LogP contribution is 2.25. The van der Waals surface area contributed by atoms with Crippen LogP contribution in [0.25, 0.3) is 10.8 Å². The maximum atomic E-state index is 12.5. The zero-order valence-corrected chi connectivity index (χ0v) is 16.3. The quantitative estimate of drug-likeness (QED) is 0.412. The predicted octanol–water partition coefficient (Wildman–Crippen LogP) is 1.05. The zero-order chi connectivity index (χ0) is 20.6. The molecule has 1 saturated heterocycles. The standard InChI is InChI=1S/C21H26N4O4/c22-23-19(26)9-4-10-20(27)24-11-13-25(14-12-24)21(28)15-29-18-8-3-6-16-5-1-2-7-17(16)18/h1-3,5-8H,4,9-15,22H2,(H,23,26). The molecule has 8 nitrogen and oxygen atoms in total. The summed E-state index contributed by atoms with van der Waals surface area (Å²) in [5, 5.41) is 2.04. The van der Waals surface area contributed by atoms with E-state index < -0.39 is 0 Å². The lowest BCUT2D eigenvalue weighted by molar-refractivity contribution is -0.140. The van der Waals surface area contributed by atoms with E-state index in [2.05, 4.69) is 5.43 Å². The number of benzene rings is 2. The van der Waals surface area contributed by atoms with Crippen molar-refractivity contribution in [1.82, 2.24) is 15.2 Å². The van der Waals surface area contributed by atoms with E-state index in [0.717, 1.165) is 10.8 Å². The topological polar surface area (TPSA) is 105 Å².